The van der Waals surface area contributed by atoms with Crippen molar-refractivity contribution < 1.29 is 14.7 Å². The summed E-state index contributed by atoms with van der Waals surface area (Å²) in [5, 5.41) is 16.2. The summed E-state index contributed by atoms with van der Waals surface area (Å²) in [6, 6.07) is 9.93. The van der Waals surface area contributed by atoms with Crippen LogP contribution in [0.1, 0.15) is 41.5 Å². The van der Waals surface area contributed by atoms with E-state index in [4.69, 9.17) is 0 Å². The zero-order chi connectivity index (χ0) is 17.0. The van der Waals surface area contributed by atoms with E-state index in [0.717, 1.165) is 11.3 Å². The van der Waals surface area contributed by atoms with E-state index in [2.05, 4.69) is 10.4 Å². The van der Waals surface area contributed by atoms with Crippen molar-refractivity contribution in [2.24, 2.45) is 7.05 Å². The zero-order valence-electron chi connectivity index (χ0n) is 13.5. The lowest BCUT2D eigenvalue weighted by molar-refractivity contribution is -0.139. The van der Waals surface area contributed by atoms with E-state index in [-0.39, 0.29) is 12.3 Å². The highest BCUT2D eigenvalue weighted by Gasteiger charge is 2.23. The summed E-state index contributed by atoms with van der Waals surface area (Å²) in [4.78, 5) is 23.8. The van der Waals surface area contributed by atoms with Crippen molar-refractivity contribution in [3.8, 4) is 0 Å². The Morgan fingerprint density at radius 1 is 1.26 bits per heavy atom. The molecule has 23 heavy (non-hydrogen) atoms. The largest absolute Gasteiger partial charge is 0.480 e. The molecule has 0 saturated carbocycles. The number of aliphatic carboxylic acids is 1. The van der Waals surface area contributed by atoms with Crippen molar-refractivity contribution in [2.75, 3.05) is 0 Å². The highest BCUT2D eigenvalue weighted by atomic mass is 16.4. The van der Waals surface area contributed by atoms with E-state index in [0.29, 0.717) is 5.69 Å². The summed E-state index contributed by atoms with van der Waals surface area (Å²) in [5.74, 6) is -1.30. The molecule has 0 saturated heterocycles. The fourth-order valence-corrected chi connectivity index (χ4v) is 2.27. The van der Waals surface area contributed by atoms with Crippen LogP contribution < -0.4 is 5.32 Å². The van der Waals surface area contributed by atoms with E-state index < -0.39 is 17.9 Å². The lowest BCUT2D eigenvalue weighted by atomic mass is 10.1. The molecular weight excluding hydrogens is 294 g/mol. The normalized spacial score (nSPS) is 12.2. The molecule has 0 aliphatic heterocycles. The maximum Gasteiger partial charge on any atom is 0.326 e. The van der Waals surface area contributed by atoms with Gasteiger partial charge in [-0.3, -0.25) is 9.48 Å². The van der Waals surface area contributed by atoms with Gasteiger partial charge in [-0.05, 0) is 17.5 Å². The van der Waals surface area contributed by atoms with Gasteiger partial charge in [-0.1, -0.05) is 44.2 Å². The standard InChI is InChI=1S/C17H21N3O3/c1-11(2)13-10-15(20(3)19-13)16(21)18-14(17(22)23)9-12-7-5-4-6-8-12/h4-8,10-11,14H,9H2,1-3H3,(H,18,21)(H,22,23)/t14-/m0/s1. The number of hydrogen-bond acceptors (Lipinski definition) is 3. The molecule has 1 amide bonds. The second-order valence-corrected chi connectivity index (χ2v) is 5.79. The van der Waals surface area contributed by atoms with Gasteiger partial charge in [0.1, 0.15) is 11.7 Å². The molecule has 6 heteroatoms. The number of carboxylic acids is 1. The number of carboxylic acid groups (broad SMARTS) is 1. The Bertz CT molecular complexity index is 692. The molecule has 0 aliphatic rings. The summed E-state index contributed by atoms with van der Waals surface area (Å²) in [6.07, 6.45) is 0.233. The highest BCUT2D eigenvalue weighted by molar-refractivity contribution is 5.95. The van der Waals surface area contributed by atoms with Crippen LogP contribution >= 0.6 is 0 Å². The van der Waals surface area contributed by atoms with Crippen molar-refractivity contribution in [3.05, 3.63) is 53.3 Å². The van der Waals surface area contributed by atoms with Crippen LogP contribution in [0.5, 0.6) is 0 Å². The minimum atomic E-state index is -1.06. The second-order valence-electron chi connectivity index (χ2n) is 5.79. The molecule has 1 atom stereocenters. The number of hydrogen-bond donors (Lipinski definition) is 2. The molecule has 2 rings (SSSR count). The molecule has 2 aromatic rings. The average Bonchev–Trinajstić information content (AvgIpc) is 2.90. The maximum absolute atomic E-state index is 12.4. The maximum atomic E-state index is 12.4. The van der Waals surface area contributed by atoms with Gasteiger partial charge in [0.25, 0.3) is 5.91 Å². The van der Waals surface area contributed by atoms with Crippen LogP contribution in [0, 0.1) is 0 Å². The zero-order valence-corrected chi connectivity index (χ0v) is 13.5. The molecule has 1 aromatic heterocycles. The Morgan fingerprint density at radius 3 is 2.43 bits per heavy atom. The van der Waals surface area contributed by atoms with E-state index in [1.54, 1.807) is 13.1 Å². The van der Waals surface area contributed by atoms with Gasteiger partial charge >= 0.3 is 5.97 Å². The number of aryl methyl sites for hydroxylation is 1. The van der Waals surface area contributed by atoms with Gasteiger partial charge in [-0.25, -0.2) is 4.79 Å². The first-order chi connectivity index (χ1) is 10.9. The van der Waals surface area contributed by atoms with Crippen LogP contribution in [0.3, 0.4) is 0 Å². The molecule has 6 nitrogen and oxygen atoms in total. The summed E-state index contributed by atoms with van der Waals surface area (Å²) in [6.45, 7) is 3.97. The fraction of sp³-hybridized carbons (Fsp3) is 0.353. The summed E-state index contributed by atoms with van der Waals surface area (Å²) < 4.78 is 1.48. The van der Waals surface area contributed by atoms with Gasteiger partial charge < -0.3 is 10.4 Å². The Morgan fingerprint density at radius 2 is 1.91 bits per heavy atom. The summed E-state index contributed by atoms with van der Waals surface area (Å²) >= 11 is 0. The third-order valence-corrected chi connectivity index (χ3v) is 3.61. The molecule has 1 aromatic carbocycles. The number of rotatable bonds is 6. The third kappa shape index (κ3) is 4.18. The van der Waals surface area contributed by atoms with Crippen LogP contribution in [0.4, 0.5) is 0 Å². The van der Waals surface area contributed by atoms with E-state index in [1.807, 2.05) is 44.2 Å². The van der Waals surface area contributed by atoms with Crippen LogP contribution in [0.2, 0.25) is 0 Å². The number of nitrogens with zero attached hydrogens (tertiary/aromatic N) is 2. The summed E-state index contributed by atoms with van der Waals surface area (Å²) in [7, 11) is 1.67. The molecule has 0 bridgehead atoms. The number of nitrogens with one attached hydrogen (secondary N) is 1. The number of benzene rings is 1. The average molecular weight is 315 g/mol. The Kier molecular flexibility index (Phi) is 5.16. The summed E-state index contributed by atoms with van der Waals surface area (Å²) in [5.41, 5.74) is 2.01. The quantitative estimate of drug-likeness (QED) is 0.853. The predicted octanol–water partition coefficient (Wildman–Crippen LogP) is 1.97. The molecule has 0 spiro atoms. The minimum Gasteiger partial charge on any atom is -0.480 e. The Hall–Kier alpha value is -2.63. The molecular formula is C17H21N3O3. The molecule has 122 valence electrons. The van der Waals surface area contributed by atoms with E-state index >= 15 is 0 Å². The van der Waals surface area contributed by atoms with Crippen LogP contribution in [0.15, 0.2) is 36.4 Å². The lowest BCUT2D eigenvalue weighted by Crippen LogP contribution is -2.42. The van der Waals surface area contributed by atoms with Crippen molar-refractivity contribution in [1.82, 2.24) is 15.1 Å². The highest BCUT2D eigenvalue weighted by Crippen LogP contribution is 2.14. The topological polar surface area (TPSA) is 84.2 Å². The van der Waals surface area contributed by atoms with Crippen LogP contribution in [-0.4, -0.2) is 32.8 Å². The van der Waals surface area contributed by atoms with Gasteiger partial charge in [0.15, 0.2) is 0 Å². The van der Waals surface area contributed by atoms with E-state index in [1.165, 1.54) is 4.68 Å². The van der Waals surface area contributed by atoms with Crippen molar-refractivity contribution >= 4 is 11.9 Å². The molecule has 0 radical (unpaired) electrons. The van der Waals surface area contributed by atoms with Gasteiger partial charge in [-0.15, -0.1) is 0 Å². The number of amides is 1. The smallest absolute Gasteiger partial charge is 0.326 e. The first-order valence-electron chi connectivity index (χ1n) is 7.50. The predicted molar refractivity (Wildman–Crippen MR) is 86.3 cm³/mol. The first-order valence-corrected chi connectivity index (χ1v) is 7.50. The SMILES string of the molecule is CC(C)c1cc(C(=O)N[C@@H](Cc2ccccc2)C(=O)O)n(C)n1. The number of carbonyl (C=O) groups excluding carboxylic acids is 1. The van der Waals surface area contributed by atoms with Gasteiger partial charge in [0.2, 0.25) is 0 Å². The van der Waals surface area contributed by atoms with E-state index in [9.17, 15) is 14.7 Å². The monoisotopic (exact) mass is 315 g/mol. The fourth-order valence-electron chi connectivity index (χ4n) is 2.27. The second kappa shape index (κ2) is 7.09. The number of carbonyl (C=O) groups is 2. The van der Waals surface area contributed by atoms with Crippen LogP contribution in [-0.2, 0) is 18.3 Å². The molecule has 1 heterocycles. The van der Waals surface area contributed by atoms with Gasteiger partial charge in [0.05, 0.1) is 5.69 Å². The molecule has 2 N–H and O–H groups in total. The lowest BCUT2D eigenvalue weighted by Gasteiger charge is -2.14. The third-order valence-electron chi connectivity index (χ3n) is 3.61. The minimum absolute atomic E-state index is 0.197. The van der Waals surface area contributed by atoms with Crippen molar-refractivity contribution in [1.29, 1.82) is 0 Å². The van der Waals surface area contributed by atoms with Crippen molar-refractivity contribution in [3.63, 3.8) is 0 Å². The molecule has 0 unspecified atom stereocenters. The van der Waals surface area contributed by atoms with Crippen molar-refractivity contribution in [2.45, 2.75) is 32.2 Å². The van der Waals surface area contributed by atoms with Gasteiger partial charge in [-0.2, -0.15) is 5.10 Å². The molecule has 0 aliphatic carbocycles. The van der Waals surface area contributed by atoms with Crippen LogP contribution in [0.25, 0.3) is 0 Å². The Balaban J connectivity index is 2.13. The van der Waals surface area contributed by atoms with Gasteiger partial charge in [0, 0.05) is 13.5 Å². The Labute approximate surface area is 135 Å². The number of aromatic nitrogens is 2. The first kappa shape index (κ1) is 16.7. The molecule has 0 fully saturated rings.